The summed E-state index contributed by atoms with van der Waals surface area (Å²) in [7, 11) is 3.33. The van der Waals surface area contributed by atoms with Crippen molar-refractivity contribution < 1.29 is 9.47 Å². The molecule has 1 aliphatic carbocycles. The second-order valence-corrected chi connectivity index (χ2v) is 7.20. The molecule has 0 heterocycles. The molecule has 0 aliphatic heterocycles. The van der Waals surface area contributed by atoms with Crippen molar-refractivity contribution in [2.45, 2.75) is 38.5 Å². The lowest BCUT2D eigenvalue weighted by Gasteiger charge is -2.24. The van der Waals surface area contributed by atoms with Crippen molar-refractivity contribution in [3.8, 4) is 11.5 Å². The van der Waals surface area contributed by atoms with Crippen LogP contribution in [0.4, 0.5) is 0 Å². The summed E-state index contributed by atoms with van der Waals surface area (Å²) in [5, 5.41) is -0.0474. The third kappa shape index (κ3) is 2.87. The molecule has 1 aliphatic rings. The molecule has 0 radical (unpaired) electrons. The third-order valence-electron chi connectivity index (χ3n) is 3.86. The molecule has 0 amide bonds. The highest BCUT2D eigenvalue weighted by molar-refractivity contribution is 9.10. The van der Waals surface area contributed by atoms with Gasteiger partial charge in [-0.05, 0) is 36.3 Å². The van der Waals surface area contributed by atoms with Crippen molar-refractivity contribution in [1.29, 1.82) is 0 Å². The fourth-order valence-electron chi connectivity index (χ4n) is 2.77. The first-order chi connectivity index (χ1) is 8.89. The van der Waals surface area contributed by atoms with E-state index in [4.69, 9.17) is 21.1 Å². The van der Waals surface area contributed by atoms with Gasteiger partial charge in [0.15, 0.2) is 11.5 Å². The Morgan fingerprint density at radius 2 is 2.00 bits per heavy atom. The Morgan fingerprint density at radius 1 is 1.32 bits per heavy atom. The van der Waals surface area contributed by atoms with Crippen molar-refractivity contribution >= 4 is 27.5 Å². The molecule has 1 aromatic carbocycles. The van der Waals surface area contributed by atoms with Gasteiger partial charge in [0, 0.05) is 10.0 Å². The average molecular weight is 348 g/mol. The smallest absolute Gasteiger partial charge is 0.165 e. The summed E-state index contributed by atoms with van der Waals surface area (Å²) in [6.45, 7) is 4.54. The Hall–Kier alpha value is -0.410. The van der Waals surface area contributed by atoms with Crippen LogP contribution < -0.4 is 9.47 Å². The van der Waals surface area contributed by atoms with Crippen LogP contribution in [0.15, 0.2) is 10.5 Å². The SMILES string of the molecule is COc1cc(Br)c2c(c1OC)C(Cl)CC(C)(C)CC2. The lowest BCUT2D eigenvalue weighted by atomic mass is 9.84. The standard InChI is InChI=1S/C15H20BrClO2/c1-15(2)6-5-9-10(16)7-12(18-3)14(19-4)13(9)11(17)8-15/h7,11H,5-6,8H2,1-4H3. The summed E-state index contributed by atoms with van der Waals surface area (Å²) in [6.07, 6.45) is 3.07. The zero-order valence-electron chi connectivity index (χ0n) is 11.8. The molecule has 0 fully saturated rings. The maximum atomic E-state index is 6.66. The van der Waals surface area contributed by atoms with Gasteiger partial charge in [0.2, 0.25) is 0 Å². The molecular formula is C15H20BrClO2. The molecule has 106 valence electrons. The number of ether oxygens (including phenoxy) is 2. The fourth-order valence-corrected chi connectivity index (χ4v) is 4.03. The Bertz CT molecular complexity index is 486. The van der Waals surface area contributed by atoms with E-state index in [0.717, 1.165) is 40.8 Å². The molecule has 1 unspecified atom stereocenters. The molecule has 4 heteroatoms. The number of methoxy groups -OCH3 is 2. The van der Waals surface area contributed by atoms with Crippen molar-refractivity contribution in [3.63, 3.8) is 0 Å². The number of hydrogen-bond acceptors (Lipinski definition) is 2. The van der Waals surface area contributed by atoms with Gasteiger partial charge in [0.25, 0.3) is 0 Å². The van der Waals surface area contributed by atoms with Crippen LogP contribution in [-0.2, 0) is 6.42 Å². The molecule has 0 N–H and O–H groups in total. The first-order valence-electron chi connectivity index (χ1n) is 6.47. The molecule has 1 atom stereocenters. The number of halogens is 2. The summed E-state index contributed by atoms with van der Waals surface area (Å²) >= 11 is 10.3. The maximum absolute atomic E-state index is 6.66. The van der Waals surface area contributed by atoms with Gasteiger partial charge >= 0.3 is 0 Å². The highest BCUT2D eigenvalue weighted by Gasteiger charge is 2.33. The lowest BCUT2D eigenvalue weighted by Crippen LogP contribution is -2.11. The summed E-state index contributed by atoms with van der Waals surface area (Å²) < 4.78 is 12.0. The second kappa shape index (κ2) is 5.53. The van der Waals surface area contributed by atoms with E-state index >= 15 is 0 Å². The predicted molar refractivity (Wildman–Crippen MR) is 82.6 cm³/mol. The zero-order valence-corrected chi connectivity index (χ0v) is 14.2. The quantitative estimate of drug-likeness (QED) is 0.547. The van der Waals surface area contributed by atoms with E-state index in [1.54, 1.807) is 14.2 Å². The summed E-state index contributed by atoms with van der Waals surface area (Å²) in [5.74, 6) is 1.51. The molecular weight excluding hydrogens is 328 g/mol. The van der Waals surface area contributed by atoms with Crippen LogP contribution in [-0.4, -0.2) is 14.2 Å². The van der Waals surface area contributed by atoms with E-state index in [2.05, 4.69) is 29.8 Å². The van der Waals surface area contributed by atoms with Crippen molar-refractivity contribution in [3.05, 3.63) is 21.7 Å². The van der Waals surface area contributed by atoms with E-state index in [-0.39, 0.29) is 10.8 Å². The summed E-state index contributed by atoms with van der Waals surface area (Å²) in [5.41, 5.74) is 2.58. The third-order valence-corrected chi connectivity index (χ3v) is 4.94. The normalized spacial score (nSPS) is 21.5. The van der Waals surface area contributed by atoms with Gasteiger partial charge in [-0.1, -0.05) is 29.8 Å². The number of fused-ring (bicyclic) bond motifs is 1. The van der Waals surface area contributed by atoms with Crippen LogP contribution >= 0.6 is 27.5 Å². The Labute approximate surface area is 128 Å². The molecule has 0 spiro atoms. The van der Waals surface area contributed by atoms with E-state index in [0.29, 0.717) is 0 Å². The molecule has 2 nitrogen and oxygen atoms in total. The molecule has 0 bridgehead atoms. The van der Waals surface area contributed by atoms with Crippen molar-refractivity contribution in [1.82, 2.24) is 0 Å². The van der Waals surface area contributed by atoms with Gasteiger partial charge in [-0.15, -0.1) is 11.6 Å². The average Bonchev–Trinajstić information content (AvgIpc) is 2.46. The first kappa shape index (κ1) is 15.0. The van der Waals surface area contributed by atoms with E-state index in [1.807, 2.05) is 6.07 Å². The monoisotopic (exact) mass is 346 g/mol. The van der Waals surface area contributed by atoms with E-state index < -0.39 is 0 Å². The Morgan fingerprint density at radius 3 is 2.58 bits per heavy atom. The minimum atomic E-state index is -0.0474. The van der Waals surface area contributed by atoms with Gasteiger partial charge in [0.1, 0.15) is 0 Å². The van der Waals surface area contributed by atoms with Crippen molar-refractivity contribution in [2.24, 2.45) is 5.41 Å². The Balaban J connectivity index is 2.62. The highest BCUT2D eigenvalue weighted by Crippen LogP contribution is 2.50. The first-order valence-corrected chi connectivity index (χ1v) is 7.70. The van der Waals surface area contributed by atoms with Gasteiger partial charge < -0.3 is 9.47 Å². The number of rotatable bonds is 2. The zero-order chi connectivity index (χ0) is 14.2. The van der Waals surface area contributed by atoms with Crippen LogP contribution in [0.5, 0.6) is 11.5 Å². The fraction of sp³-hybridized carbons (Fsp3) is 0.600. The minimum absolute atomic E-state index is 0.0474. The molecule has 0 saturated heterocycles. The largest absolute Gasteiger partial charge is 0.493 e. The molecule has 2 rings (SSSR count). The molecule has 0 saturated carbocycles. The van der Waals surface area contributed by atoms with Gasteiger partial charge in [-0.2, -0.15) is 0 Å². The topological polar surface area (TPSA) is 18.5 Å². The number of hydrogen-bond donors (Lipinski definition) is 0. The van der Waals surface area contributed by atoms with Crippen LogP contribution in [0.1, 0.15) is 43.2 Å². The molecule has 19 heavy (non-hydrogen) atoms. The molecule has 1 aromatic rings. The van der Waals surface area contributed by atoms with Gasteiger partial charge in [-0.25, -0.2) is 0 Å². The number of alkyl halides is 1. The van der Waals surface area contributed by atoms with Crippen LogP contribution in [0, 0.1) is 5.41 Å². The van der Waals surface area contributed by atoms with Crippen LogP contribution in [0.3, 0.4) is 0 Å². The minimum Gasteiger partial charge on any atom is -0.493 e. The highest BCUT2D eigenvalue weighted by atomic mass is 79.9. The number of benzene rings is 1. The maximum Gasteiger partial charge on any atom is 0.165 e. The van der Waals surface area contributed by atoms with Crippen molar-refractivity contribution in [2.75, 3.05) is 14.2 Å². The Kier molecular flexibility index (Phi) is 4.36. The molecule has 0 aromatic heterocycles. The van der Waals surface area contributed by atoms with Gasteiger partial charge in [-0.3, -0.25) is 0 Å². The summed E-state index contributed by atoms with van der Waals surface area (Å²) in [6, 6.07) is 1.97. The van der Waals surface area contributed by atoms with Gasteiger partial charge in [0.05, 0.1) is 19.6 Å². The second-order valence-electron chi connectivity index (χ2n) is 5.82. The summed E-state index contributed by atoms with van der Waals surface area (Å²) in [4.78, 5) is 0. The predicted octanol–water partition coefficient (Wildman–Crippen LogP) is 5.11. The lowest BCUT2D eigenvalue weighted by molar-refractivity contribution is 0.311. The van der Waals surface area contributed by atoms with Crippen LogP contribution in [0.25, 0.3) is 0 Å². The van der Waals surface area contributed by atoms with E-state index in [1.165, 1.54) is 5.56 Å². The van der Waals surface area contributed by atoms with E-state index in [9.17, 15) is 0 Å². The van der Waals surface area contributed by atoms with Crippen LogP contribution in [0.2, 0.25) is 0 Å².